The Labute approximate surface area is 105 Å². The number of ether oxygens (including phenoxy) is 2. The fraction of sp³-hybridized carbons (Fsp3) is 1.00. The van der Waals surface area contributed by atoms with Gasteiger partial charge in [0.15, 0.2) is 0 Å². The summed E-state index contributed by atoms with van der Waals surface area (Å²) in [7, 11) is 0. The Kier molecular flexibility index (Phi) is 4.45. The topological polar surface area (TPSA) is 44.5 Å². The second kappa shape index (κ2) is 5.68. The third-order valence-corrected chi connectivity index (χ3v) is 4.15. The first-order chi connectivity index (χ1) is 8.10. The number of rotatable bonds is 4. The van der Waals surface area contributed by atoms with Gasteiger partial charge < -0.3 is 15.2 Å². The Hall–Kier alpha value is -0.120. The molecule has 0 amide bonds. The number of hydrogen-bond acceptors (Lipinski definition) is 3. The van der Waals surface area contributed by atoms with E-state index >= 15 is 0 Å². The molecule has 2 fully saturated rings. The molecule has 0 aromatic rings. The molecule has 2 rings (SSSR count). The van der Waals surface area contributed by atoms with E-state index in [2.05, 4.69) is 13.8 Å². The van der Waals surface area contributed by atoms with E-state index in [9.17, 15) is 0 Å². The highest BCUT2D eigenvalue weighted by molar-refractivity contribution is 4.96. The van der Waals surface area contributed by atoms with Gasteiger partial charge in [-0.1, -0.05) is 13.8 Å². The van der Waals surface area contributed by atoms with Crippen LogP contribution in [0.15, 0.2) is 0 Å². The van der Waals surface area contributed by atoms with Crippen molar-refractivity contribution in [3.8, 4) is 0 Å². The number of hydrogen-bond donors (Lipinski definition) is 1. The van der Waals surface area contributed by atoms with E-state index in [-0.39, 0.29) is 18.2 Å². The van der Waals surface area contributed by atoms with E-state index in [1.165, 1.54) is 19.3 Å². The van der Waals surface area contributed by atoms with Crippen molar-refractivity contribution in [2.24, 2.45) is 17.6 Å². The molecular formula is C14H27NO2. The van der Waals surface area contributed by atoms with Crippen LogP contribution in [0.25, 0.3) is 0 Å². The van der Waals surface area contributed by atoms with Gasteiger partial charge in [-0.2, -0.15) is 0 Å². The first-order valence-corrected chi connectivity index (χ1v) is 7.12. The summed E-state index contributed by atoms with van der Waals surface area (Å²) in [5.74, 6) is 1.59. The van der Waals surface area contributed by atoms with E-state index in [1.54, 1.807) is 0 Å². The SMILES string of the molecule is CCOC1C(N)CC1OC1CC(C)CC(C)C1. The van der Waals surface area contributed by atoms with Crippen molar-refractivity contribution < 1.29 is 9.47 Å². The van der Waals surface area contributed by atoms with Crippen LogP contribution in [0.1, 0.15) is 46.5 Å². The molecule has 0 aromatic carbocycles. The summed E-state index contributed by atoms with van der Waals surface area (Å²) < 4.78 is 11.8. The fourth-order valence-corrected chi connectivity index (χ4v) is 3.40. The molecule has 100 valence electrons. The van der Waals surface area contributed by atoms with Gasteiger partial charge in [0, 0.05) is 12.6 Å². The second-order valence-corrected chi connectivity index (χ2v) is 6.03. The van der Waals surface area contributed by atoms with Crippen LogP contribution in [0.4, 0.5) is 0 Å². The first-order valence-electron chi connectivity index (χ1n) is 7.12. The molecular weight excluding hydrogens is 214 g/mol. The molecule has 0 saturated heterocycles. The Balaban J connectivity index is 1.80. The van der Waals surface area contributed by atoms with Crippen molar-refractivity contribution >= 4 is 0 Å². The van der Waals surface area contributed by atoms with Crippen LogP contribution in [0, 0.1) is 11.8 Å². The van der Waals surface area contributed by atoms with Gasteiger partial charge in [-0.05, 0) is 44.4 Å². The monoisotopic (exact) mass is 241 g/mol. The number of nitrogens with two attached hydrogens (primary N) is 1. The van der Waals surface area contributed by atoms with Crippen molar-refractivity contribution in [1.82, 2.24) is 0 Å². The molecule has 3 nitrogen and oxygen atoms in total. The maximum atomic E-state index is 6.20. The molecule has 5 unspecified atom stereocenters. The van der Waals surface area contributed by atoms with Crippen LogP contribution in [0.5, 0.6) is 0 Å². The Morgan fingerprint density at radius 1 is 1.06 bits per heavy atom. The van der Waals surface area contributed by atoms with Gasteiger partial charge in [0.05, 0.1) is 18.3 Å². The van der Waals surface area contributed by atoms with Crippen LogP contribution in [-0.4, -0.2) is 31.0 Å². The normalized spacial score (nSPS) is 46.6. The zero-order chi connectivity index (χ0) is 12.4. The van der Waals surface area contributed by atoms with Crippen molar-refractivity contribution in [2.45, 2.75) is 70.8 Å². The molecule has 3 heteroatoms. The summed E-state index contributed by atoms with van der Waals surface area (Å²) in [6, 6.07) is 0.179. The van der Waals surface area contributed by atoms with Crippen molar-refractivity contribution in [3.05, 3.63) is 0 Å². The lowest BCUT2D eigenvalue weighted by Gasteiger charge is -2.44. The van der Waals surface area contributed by atoms with E-state index < -0.39 is 0 Å². The van der Waals surface area contributed by atoms with E-state index in [4.69, 9.17) is 15.2 Å². The average molecular weight is 241 g/mol. The van der Waals surface area contributed by atoms with Gasteiger partial charge in [0.25, 0.3) is 0 Å². The minimum absolute atomic E-state index is 0.132. The largest absolute Gasteiger partial charge is 0.374 e. The highest BCUT2D eigenvalue weighted by Gasteiger charge is 2.42. The summed E-state index contributed by atoms with van der Waals surface area (Å²) in [5.41, 5.74) is 5.95. The van der Waals surface area contributed by atoms with Gasteiger partial charge >= 0.3 is 0 Å². The minimum Gasteiger partial charge on any atom is -0.374 e. The molecule has 2 aliphatic carbocycles. The summed E-state index contributed by atoms with van der Waals surface area (Å²) in [4.78, 5) is 0. The predicted molar refractivity (Wildman–Crippen MR) is 68.8 cm³/mol. The predicted octanol–water partition coefficient (Wildman–Crippen LogP) is 2.33. The van der Waals surface area contributed by atoms with Crippen molar-refractivity contribution in [1.29, 1.82) is 0 Å². The lowest BCUT2D eigenvalue weighted by atomic mass is 9.80. The van der Waals surface area contributed by atoms with Crippen molar-refractivity contribution in [2.75, 3.05) is 6.61 Å². The molecule has 0 aliphatic heterocycles. The molecule has 0 bridgehead atoms. The third-order valence-electron chi connectivity index (χ3n) is 4.15. The van der Waals surface area contributed by atoms with Crippen LogP contribution >= 0.6 is 0 Å². The average Bonchev–Trinajstić information content (AvgIpc) is 2.24. The van der Waals surface area contributed by atoms with Gasteiger partial charge in [0.2, 0.25) is 0 Å². The van der Waals surface area contributed by atoms with Gasteiger partial charge in [-0.25, -0.2) is 0 Å². The highest BCUT2D eigenvalue weighted by atomic mass is 16.6. The Bertz CT molecular complexity index is 236. The molecule has 5 atom stereocenters. The van der Waals surface area contributed by atoms with Crippen LogP contribution < -0.4 is 5.73 Å². The standard InChI is InChI=1S/C14H27NO2/c1-4-16-14-12(15)8-13(14)17-11-6-9(2)5-10(3)7-11/h9-14H,4-8,15H2,1-3H3. The lowest BCUT2D eigenvalue weighted by molar-refractivity contribution is -0.169. The molecule has 2 saturated carbocycles. The van der Waals surface area contributed by atoms with E-state index in [0.29, 0.717) is 6.10 Å². The third kappa shape index (κ3) is 3.21. The summed E-state index contributed by atoms with van der Waals surface area (Å²) in [6.45, 7) is 7.42. The van der Waals surface area contributed by atoms with Gasteiger partial charge in [-0.3, -0.25) is 0 Å². The quantitative estimate of drug-likeness (QED) is 0.821. The summed E-state index contributed by atoms with van der Waals surface area (Å²) in [5, 5.41) is 0. The van der Waals surface area contributed by atoms with Crippen LogP contribution in [0.3, 0.4) is 0 Å². The molecule has 0 heterocycles. The molecule has 2 N–H and O–H groups in total. The van der Waals surface area contributed by atoms with E-state index in [1.807, 2.05) is 6.92 Å². The van der Waals surface area contributed by atoms with Gasteiger partial charge in [0.1, 0.15) is 0 Å². The smallest absolute Gasteiger partial charge is 0.0988 e. The fourth-order valence-electron chi connectivity index (χ4n) is 3.40. The second-order valence-electron chi connectivity index (χ2n) is 6.03. The minimum atomic E-state index is 0.132. The molecule has 17 heavy (non-hydrogen) atoms. The maximum Gasteiger partial charge on any atom is 0.0988 e. The Morgan fingerprint density at radius 2 is 1.71 bits per heavy atom. The molecule has 0 spiro atoms. The van der Waals surface area contributed by atoms with Gasteiger partial charge in [-0.15, -0.1) is 0 Å². The zero-order valence-corrected chi connectivity index (χ0v) is 11.4. The van der Waals surface area contributed by atoms with Crippen LogP contribution in [0.2, 0.25) is 0 Å². The van der Waals surface area contributed by atoms with Crippen molar-refractivity contribution in [3.63, 3.8) is 0 Å². The first kappa shape index (κ1) is 13.3. The van der Waals surface area contributed by atoms with Crippen LogP contribution in [-0.2, 0) is 9.47 Å². The summed E-state index contributed by atoms with van der Waals surface area (Å²) >= 11 is 0. The molecule has 0 aromatic heterocycles. The molecule has 2 aliphatic rings. The summed E-state index contributed by atoms with van der Waals surface area (Å²) in [6.07, 6.45) is 5.52. The lowest BCUT2D eigenvalue weighted by Crippen LogP contribution is -2.59. The maximum absolute atomic E-state index is 6.20. The molecule has 0 radical (unpaired) electrons. The highest BCUT2D eigenvalue weighted by Crippen LogP contribution is 2.34. The Morgan fingerprint density at radius 3 is 2.24 bits per heavy atom. The van der Waals surface area contributed by atoms with E-state index in [0.717, 1.165) is 24.9 Å². The zero-order valence-electron chi connectivity index (χ0n) is 11.4.